The predicted molar refractivity (Wildman–Crippen MR) is 140 cm³/mol. The van der Waals surface area contributed by atoms with Crippen molar-refractivity contribution < 1.29 is 31.7 Å². The van der Waals surface area contributed by atoms with Gasteiger partial charge in [-0.25, -0.2) is 13.6 Å². The van der Waals surface area contributed by atoms with Gasteiger partial charge in [0.1, 0.15) is 22.5 Å². The van der Waals surface area contributed by atoms with Crippen LogP contribution in [0.25, 0.3) is 11.9 Å². The number of carbonyl (C=O) groups excluding carboxylic acids is 2. The second kappa shape index (κ2) is 12.2. The van der Waals surface area contributed by atoms with Crippen molar-refractivity contribution in [2.75, 3.05) is 7.11 Å². The van der Waals surface area contributed by atoms with E-state index in [1.54, 1.807) is 20.8 Å². The van der Waals surface area contributed by atoms with Gasteiger partial charge in [0.15, 0.2) is 17.5 Å². The topological polar surface area (TPSA) is 81.1 Å². The van der Waals surface area contributed by atoms with Crippen molar-refractivity contribution in [1.29, 1.82) is 0 Å². The average Bonchev–Trinajstić information content (AvgIpc) is 2.84. The van der Waals surface area contributed by atoms with E-state index in [-0.39, 0.29) is 22.8 Å². The number of benzene rings is 1. The summed E-state index contributed by atoms with van der Waals surface area (Å²) in [5.41, 5.74) is -0.588. The lowest BCUT2D eigenvalue weighted by Crippen LogP contribution is -2.38. The summed E-state index contributed by atoms with van der Waals surface area (Å²) in [6.45, 7) is 4.82. The molecule has 1 aromatic heterocycles. The number of hydrogen-bond donors (Lipinski definition) is 0. The predicted octanol–water partition coefficient (Wildman–Crippen LogP) is 7.19. The Hall–Kier alpha value is -2.70. The first-order valence-electron chi connectivity index (χ1n) is 10.8. The molecule has 198 valence electrons. The molecule has 1 aromatic carbocycles. The normalized spacial score (nSPS) is 18.2. The SMILES string of the molecule is COC(=O)C1CC(c2cc(/C=C(\F)c3ccc(Cl)cn3)ccc2F)N=C(N(SF)C(=O)OC(C)(C)C)S1. The molecule has 1 aliphatic rings. The molecule has 3 rings (SSSR count). The van der Waals surface area contributed by atoms with Crippen molar-refractivity contribution >= 4 is 64.8 Å². The van der Waals surface area contributed by atoms with E-state index >= 15 is 0 Å². The lowest BCUT2D eigenvalue weighted by molar-refractivity contribution is -0.140. The van der Waals surface area contributed by atoms with Gasteiger partial charge in [-0.3, -0.25) is 14.8 Å². The third kappa shape index (κ3) is 7.65. The van der Waals surface area contributed by atoms with E-state index in [9.17, 15) is 22.3 Å². The molecule has 0 saturated carbocycles. The Kier molecular flexibility index (Phi) is 9.54. The zero-order valence-electron chi connectivity index (χ0n) is 20.2. The Morgan fingerprint density at radius 3 is 2.59 bits per heavy atom. The van der Waals surface area contributed by atoms with E-state index < -0.39 is 52.9 Å². The summed E-state index contributed by atoms with van der Waals surface area (Å²) < 4.78 is 54.2. The second-order valence-corrected chi connectivity index (χ2v) is 10.9. The van der Waals surface area contributed by atoms with Crippen LogP contribution in [0.3, 0.4) is 0 Å². The summed E-state index contributed by atoms with van der Waals surface area (Å²) in [4.78, 5) is 33.2. The summed E-state index contributed by atoms with van der Waals surface area (Å²) in [6.07, 6.45) is 1.39. The lowest BCUT2D eigenvalue weighted by Gasteiger charge is -2.30. The third-order valence-corrected chi connectivity index (χ3v) is 6.83. The van der Waals surface area contributed by atoms with Crippen LogP contribution >= 0.6 is 35.7 Å². The molecule has 0 saturated heterocycles. The minimum Gasteiger partial charge on any atom is -0.468 e. The molecule has 0 N–H and O–H groups in total. The number of nitrogens with zero attached hydrogens (tertiary/aromatic N) is 3. The number of esters is 1. The van der Waals surface area contributed by atoms with Crippen LogP contribution in [0, 0.1) is 5.82 Å². The first-order valence-corrected chi connectivity index (χ1v) is 12.8. The average molecular weight is 574 g/mol. The van der Waals surface area contributed by atoms with Crippen LogP contribution in [0.15, 0.2) is 41.5 Å². The Bertz CT molecular complexity index is 1220. The zero-order chi connectivity index (χ0) is 27.3. The maximum Gasteiger partial charge on any atom is 0.428 e. The minimum absolute atomic E-state index is 0.00867. The molecular weight excluding hydrogens is 551 g/mol. The highest BCUT2D eigenvalue weighted by Gasteiger charge is 2.38. The standard InChI is InChI=1S/C24H23ClF3N3O4S2/c1-24(2,3)35-23(33)31(37-28)22-30-19(11-20(36-22)21(32)34-4)15-9-13(5-7-16(15)26)10-17(27)18-8-6-14(25)12-29-18/h5-10,12,19-20H,11H2,1-4H3/b17-10-. The number of carbonyl (C=O) groups is 2. The van der Waals surface area contributed by atoms with Gasteiger partial charge in [0, 0.05) is 11.8 Å². The Morgan fingerprint density at radius 1 is 1.27 bits per heavy atom. The smallest absolute Gasteiger partial charge is 0.428 e. The van der Waals surface area contributed by atoms with Gasteiger partial charge >= 0.3 is 12.1 Å². The quantitative estimate of drug-likeness (QED) is 0.277. The highest BCUT2D eigenvalue weighted by molar-refractivity contribution is 8.16. The Morgan fingerprint density at radius 2 is 2.00 bits per heavy atom. The van der Waals surface area contributed by atoms with E-state index in [0.717, 1.165) is 23.9 Å². The van der Waals surface area contributed by atoms with Crippen molar-refractivity contribution in [3.63, 3.8) is 0 Å². The number of methoxy groups -OCH3 is 1. The van der Waals surface area contributed by atoms with Crippen LogP contribution in [0.2, 0.25) is 5.02 Å². The highest BCUT2D eigenvalue weighted by atomic mass is 35.5. The van der Waals surface area contributed by atoms with Crippen molar-refractivity contribution in [1.82, 2.24) is 9.29 Å². The van der Waals surface area contributed by atoms with Crippen LogP contribution in [-0.2, 0) is 14.3 Å². The molecule has 1 amide bonds. The number of amides is 1. The molecule has 0 radical (unpaired) electrons. The number of hydrogen-bond acceptors (Lipinski definition) is 8. The van der Waals surface area contributed by atoms with Crippen LogP contribution in [0.5, 0.6) is 0 Å². The Balaban J connectivity index is 2.00. The van der Waals surface area contributed by atoms with Gasteiger partial charge in [0.25, 0.3) is 0 Å². The van der Waals surface area contributed by atoms with Crippen molar-refractivity contribution in [3.8, 4) is 0 Å². The summed E-state index contributed by atoms with van der Waals surface area (Å²) in [6, 6.07) is 5.72. The maximum absolute atomic E-state index is 14.9. The van der Waals surface area contributed by atoms with Crippen LogP contribution in [-0.4, -0.2) is 44.5 Å². The molecule has 2 atom stereocenters. The summed E-state index contributed by atoms with van der Waals surface area (Å²) in [7, 11) is 1.18. The fraction of sp³-hybridized carbons (Fsp3) is 0.333. The number of halogens is 4. The molecule has 7 nitrogen and oxygen atoms in total. The summed E-state index contributed by atoms with van der Waals surface area (Å²) in [5.74, 6) is -2.02. The highest BCUT2D eigenvalue weighted by Crippen LogP contribution is 2.39. The molecule has 0 spiro atoms. The van der Waals surface area contributed by atoms with E-state index in [1.807, 2.05) is 0 Å². The summed E-state index contributed by atoms with van der Waals surface area (Å²) in [5, 5.41) is -0.782. The number of thioether (sulfide) groups is 1. The fourth-order valence-corrected chi connectivity index (χ4v) is 4.86. The molecular formula is C24H23ClF3N3O4S2. The number of aromatic nitrogens is 1. The van der Waals surface area contributed by atoms with Crippen molar-refractivity contribution in [2.45, 2.75) is 44.1 Å². The molecule has 2 unspecified atom stereocenters. The number of amidine groups is 1. The van der Waals surface area contributed by atoms with E-state index in [1.165, 1.54) is 37.6 Å². The molecule has 2 aromatic rings. The molecule has 0 fully saturated rings. The first-order chi connectivity index (χ1) is 17.4. The van der Waals surface area contributed by atoms with E-state index in [0.29, 0.717) is 14.9 Å². The zero-order valence-corrected chi connectivity index (χ0v) is 22.6. The number of rotatable bonds is 5. The molecule has 0 aliphatic carbocycles. The van der Waals surface area contributed by atoms with Crippen LogP contribution in [0.4, 0.5) is 17.5 Å². The van der Waals surface area contributed by atoms with Gasteiger partial charge in [-0.2, -0.15) is 4.31 Å². The minimum atomic E-state index is -1.05. The molecule has 1 aliphatic heterocycles. The number of ether oxygens (including phenoxy) is 2. The lowest BCUT2D eigenvalue weighted by atomic mass is 9.99. The van der Waals surface area contributed by atoms with Crippen molar-refractivity contribution in [3.05, 3.63) is 64.2 Å². The largest absolute Gasteiger partial charge is 0.468 e. The maximum atomic E-state index is 14.9. The monoisotopic (exact) mass is 573 g/mol. The molecule has 0 bridgehead atoms. The van der Waals surface area contributed by atoms with Crippen LogP contribution in [0.1, 0.15) is 50.1 Å². The van der Waals surface area contributed by atoms with E-state index in [2.05, 4.69) is 9.98 Å². The van der Waals surface area contributed by atoms with Gasteiger partial charge in [-0.05, 0) is 63.1 Å². The molecule has 2 heterocycles. The van der Waals surface area contributed by atoms with Gasteiger partial charge in [-0.1, -0.05) is 29.4 Å². The van der Waals surface area contributed by atoms with Crippen molar-refractivity contribution in [2.24, 2.45) is 4.99 Å². The Labute approximate surface area is 225 Å². The van der Waals surface area contributed by atoms with Crippen LogP contribution < -0.4 is 0 Å². The van der Waals surface area contributed by atoms with Gasteiger partial charge in [0.2, 0.25) is 0 Å². The molecule has 37 heavy (non-hydrogen) atoms. The number of pyridine rings is 1. The van der Waals surface area contributed by atoms with E-state index in [4.69, 9.17) is 21.1 Å². The van der Waals surface area contributed by atoms with Gasteiger partial charge in [0.05, 0.1) is 23.9 Å². The summed E-state index contributed by atoms with van der Waals surface area (Å²) >= 11 is 6.13. The number of aliphatic imine (C=N–C) groups is 1. The van der Waals surface area contributed by atoms with Gasteiger partial charge in [-0.15, -0.1) is 3.89 Å². The third-order valence-electron chi connectivity index (χ3n) is 4.86. The second-order valence-electron chi connectivity index (χ2n) is 8.77. The fourth-order valence-electron chi connectivity index (χ4n) is 3.25. The van der Waals surface area contributed by atoms with Gasteiger partial charge < -0.3 is 9.47 Å². The first kappa shape index (κ1) is 28.9. The molecule has 13 heteroatoms.